The van der Waals surface area contributed by atoms with Crippen LogP contribution in [0.25, 0.3) is 0 Å². The van der Waals surface area contributed by atoms with E-state index in [9.17, 15) is 4.79 Å². The predicted molar refractivity (Wildman–Crippen MR) is 105 cm³/mol. The Balaban J connectivity index is 1.67. The van der Waals surface area contributed by atoms with Crippen LogP contribution in [0.3, 0.4) is 0 Å². The van der Waals surface area contributed by atoms with Crippen LogP contribution in [0.4, 0.5) is 17.1 Å². The molecule has 1 amide bonds. The maximum Gasteiger partial charge on any atom is 0.274 e. The first-order valence-electron chi connectivity index (χ1n) is 7.68. The molecule has 2 N–H and O–H groups in total. The molecule has 0 radical (unpaired) electrons. The highest BCUT2D eigenvalue weighted by atomic mass is 35.5. The topological polar surface area (TPSA) is 63.2 Å². The Morgan fingerprint density at radius 2 is 1.58 bits per heavy atom. The average Bonchev–Trinajstić information content (AvgIpc) is 2.62. The number of pyridine rings is 1. The van der Waals surface area contributed by atoms with E-state index < -0.39 is 0 Å². The molecule has 0 saturated heterocycles. The van der Waals surface area contributed by atoms with Crippen LogP contribution in [0, 0.1) is 0 Å². The molecule has 0 aliphatic rings. The Hall–Kier alpha value is -2.76. The van der Waals surface area contributed by atoms with E-state index in [1.165, 1.54) is 0 Å². The summed E-state index contributed by atoms with van der Waals surface area (Å²) in [7, 11) is 1.62. The zero-order valence-electron chi connectivity index (χ0n) is 13.8. The summed E-state index contributed by atoms with van der Waals surface area (Å²) >= 11 is 11.9. The Morgan fingerprint density at radius 1 is 0.923 bits per heavy atom. The Labute approximate surface area is 160 Å². The van der Waals surface area contributed by atoms with E-state index in [0.717, 1.165) is 17.1 Å². The van der Waals surface area contributed by atoms with Crippen LogP contribution >= 0.6 is 23.2 Å². The van der Waals surface area contributed by atoms with Gasteiger partial charge in [-0.05, 0) is 54.6 Å². The van der Waals surface area contributed by atoms with Crippen molar-refractivity contribution in [2.45, 2.75) is 0 Å². The maximum absolute atomic E-state index is 12.3. The third kappa shape index (κ3) is 4.65. The minimum absolute atomic E-state index is 0.279. The average molecular weight is 388 g/mol. The van der Waals surface area contributed by atoms with E-state index in [1.807, 2.05) is 24.3 Å². The summed E-state index contributed by atoms with van der Waals surface area (Å²) in [5.41, 5.74) is 2.44. The summed E-state index contributed by atoms with van der Waals surface area (Å²) < 4.78 is 5.12. The molecule has 5 nitrogen and oxygen atoms in total. The first kappa shape index (κ1) is 18.0. The molecule has 0 aliphatic carbocycles. The third-order valence-electron chi connectivity index (χ3n) is 3.50. The van der Waals surface area contributed by atoms with Crippen molar-refractivity contribution >= 4 is 46.2 Å². The van der Waals surface area contributed by atoms with Crippen molar-refractivity contribution in [3.63, 3.8) is 0 Å². The zero-order chi connectivity index (χ0) is 18.5. The van der Waals surface area contributed by atoms with Crippen LogP contribution in [0.1, 0.15) is 10.5 Å². The first-order valence-corrected chi connectivity index (χ1v) is 8.43. The van der Waals surface area contributed by atoms with Crippen LogP contribution in [-0.2, 0) is 0 Å². The molecule has 0 aliphatic heterocycles. The molecular formula is C19H15Cl2N3O2. The summed E-state index contributed by atoms with van der Waals surface area (Å²) in [5.74, 6) is 0.432. The molecule has 3 aromatic rings. The fourth-order valence-electron chi connectivity index (χ4n) is 2.26. The van der Waals surface area contributed by atoms with Gasteiger partial charge in [0.1, 0.15) is 11.4 Å². The number of amides is 1. The number of rotatable bonds is 5. The second-order valence-corrected chi connectivity index (χ2v) is 6.27. The fraction of sp³-hybridized carbons (Fsp3) is 0.0526. The second-order valence-electron chi connectivity index (χ2n) is 5.40. The minimum Gasteiger partial charge on any atom is -0.497 e. The van der Waals surface area contributed by atoms with Crippen molar-refractivity contribution in [3.05, 3.63) is 76.5 Å². The molecule has 3 rings (SSSR count). The number of nitrogens with zero attached hydrogens (tertiary/aromatic N) is 1. The fourth-order valence-corrected chi connectivity index (χ4v) is 2.79. The highest BCUT2D eigenvalue weighted by Crippen LogP contribution is 2.23. The van der Waals surface area contributed by atoms with Gasteiger partial charge in [0.2, 0.25) is 0 Å². The molecule has 0 fully saturated rings. The minimum atomic E-state index is -0.348. The highest BCUT2D eigenvalue weighted by Gasteiger charge is 2.09. The van der Waals surface area contributed by atoms with E-state index in [-0.39, 0.29) is 11.6 Å². The van der Waals surface area contributed by atoms with Crippen molar-refractivity contribution in [1.29, 1.82) is 0 Å². The van der Waals surface area contributed by atoms with Crippen LogP contribution in [0.15, 0.2) is 60.8 Å². The third-order valence-corrected chi connectivity index (χ3v) is 3.93. The summed E-state index contributed by atoms with van der Waals surface area (Å²) in [6.07, 6.45) is 1.59. The number of carbonyl (C=O) groups is 1. The molecule has 7 heteroatoms. The van der Waals surface area contributed by atoms with Gasteiger partial charge in [0, 0.05) is 21.4 Å². The summed E-state index contributed by atoms with van der Waals surface area (Å²) in [4.78, 5) is 16.5. The number of benzene rings is 2. The SMILES string of the molecule is COc1ccc(Nc2ccc(C(=O)Nc3cc(Cl)cc(Cl)c3)nc2)cc1. The van der Waals surface area contributed by atoms with E-state index >= 15 is 0 Å². The molecule has 0 spiro atoms. The van der Waals surface area contributed by atoms with Gasteiger partial charge in [0.25, 0.3) is 5.91 Å². The number of ether oxygens (including phenoxy) is 1. The number of aromatic nitrogens is 1. The van der Waals surface area contributed by atoms with Crippen LogP contribution in [-0.4, -0.2) is 18.0 Å². The molecule has 26 heavy (non-hydrogen) atoms. The number of nitrogens with one attached hydrogen (secondary N) is 2. The molecule has 0 unspecified atom stereocenters. The molecule has 0 atom stereocenters. The van der Waals surface area contributed by atoms with Gasteiger partial charge in [-0.1, -0.05) is 23.2 Å². The second kappa shape index (κ2) is 8.08. The van der Waals surface area contributed by atoms with Gasteiger partial charge in [-0.15, -0.1) is 0 Å². The van der Waals surface area contributed by atoms with E-state index in [0.29, 0.717) is 15.7 Å². The van der Waals surface area contributed by atoms with Crippen molar-refractivity contribution < 1.29 is 9.53 Å². The largest absolute Gasteiger partial charge is 0.497 e. The molecule has 2 aromatic carbocycles. The number of halogens is 2. The molecule has 1 aromatic heterocycles. The Bertz CT molecular complexity index is 893. The van der Waals surface area contributed by atoms with Crippen molar-refractivity contribution in [2.75, 3.05) is 17.7 Å². The number of carbonyl (C=O) groups excluding carboxylic acids is 1. The zero-order valence-corrected chi connectivity index (χ0v) is 15.3. The highest BCUT2D eigenvalue weighted by molar-refractivity contribution is 6.35. The number of hydrogen-bond donors (Lipinski definition) is 2. The van der Waals surface area contributed by atoms with Crippen molar-refractivity contribution in [3.8, 4) is 5.75 Å². The lowest BCUT2D eigenvalue weighted by molar-refractivity contribution is 0.102. The lowest BCUT2D eigenvalue weighted by atomic mass is 10.2. The van der Waals surface area contributed by atoms with E-state index in [1.54, 1.807) is 43.6 Å². The monoisotopic (exact) mass is 387 g/mol. The van der Waals surface area contributed by atoms with Crippen molar-refractivity contribution in [1.82, 2.24) is 4.98 Å². The standard InChI is InChI=1S/C19H15Cl2N3O2/c1-26-17-5-2-14(3-6-17)23-15-4-7-18(22-11-15)19(25)24-16-9-12(20)8-13(21)10-16/h2-11,23H,1H3,(H,24,25). The number of anilines is 3. The molecule has 132 valence electrons. The number of hydrogen-bond acceptors (Lipinski definition) is 4. The lowest BCUT2D eigenvalue weighted by Crippen LogP contribution is -2.13. The van der Waals surface area contributed by atoms with Gasteiger partial charge in [-0.2, -0.15) is 0 Å². The quantitative estimate of drug-likeness (QED) is 0.615. The smallest absolute Gasteiger partial charge is 0.274 e. The first-order chi connectivity index (χ1) is 12.5. The van der Waals surface area contributed by atoms with Crippen LogP contribution in [0.5, 0.6) is 5.75 Å². The van der Waals surface area contributed by atoms with Crippen molar-refractivity contribution in [2.24, 2.45) is 0 Å². The van der Waals surface area contributed by atoms with Gasteiger partial charge in [0.15, 0.2) is 0 Å². The van der Waals surface area contributed by atoms with E-state index in [4.69, 9.17) is 27.9 Å². The van der Waals surface area contributed by atoms with Gasteiger partial charge in [-0.25, -0.2) is 4.98 Å². The predicted octanol–water partition coefficient (Wildman–Crippen LogP) is 5.39. The van der Waals surface area contributed by atoms with Gasteiger partial charge >= 0.3 is 0 Å². The van der Waals surface area contributed by atoms with E-state index in [2.05, 4.69) is 15.6 Å². The molecule has 1 heterocycles. The van der Waals surface area contributed by atoms with Crippen LogP contribution in [0.2, 0.25) is 10.0 Å². The summed E-state index contributed by atoms with van der Waals surface area (Å²) in [5, 5.41) is 6.81. The van der Waals surface area contributed by atoms with Crippen LogP contribution < -0.4 is 15.4 Å². The number of methoxy groups -OCH3 is 1. The summed E-state index contributed by atoms with van der Waals surface area (Å²) in [6, 6.07) is 15.7. The van der Waals surface area contributed by atoms with Gasteiger partial charge < -0.3 is 15.4 Å². The molecule has 0 saturated carbocycles. The Morgan fingerprint density at radius 3 is 2.15 bits per heavy atom. The summed E-state index contributed by atoms with van der Waals surface area (Å²) in [6.45, 7) is 0. The molecular weight excluding hydrogens is 373 g/mol. The normalized spacial score (nSPS) is 10.3. The Kier molecular flexibility index (Phi) is 5.61. The van der Waals surface area contributed by atoms with Gasteiger partial charge in [0.05, 0.1) is 19.0 Å². The van der Waals surface area contributed by atoms with Gasteiger partial charge in [-0.3, -0.25) is 4.79 Å². The lowest BCUT2D eigenvalue weighted by Gasteiger charge is -2.09. The molecule has 0 bridgehead atoms. The maximum atomic E-state index is 12.3.